The van der Waals surface area contributed by atoms with Gasteiger partial charge in [-0.2, -0.15) is 5.10 Å². The largest absolute Gasteiger partial charge is 0.383 e. The zero-order valence-corrected chi connectivity index (χ0v) is 12.8. The Bertz CT molecular complexity index is 722. The summed E-state index contributed by atoms with van der Waals surface area (Å²) < 4.78 is 7.14. The highest BCUT2D eigenvalue weighted by Crippen LogP contribution is 2.19. The van der Waals surface area contributed by atoms with Crippen molar-refractivity contribution in [3.63, 3.8) is 0 Å². The van der Waals surface area contributed by atoms with Crippen LogP contribution in [0, 0.1) is 0 Å². The number of hydrogen-bond acceptors (Lipinski definition) is 3. The van der Waals surface area contributed by atoms with E-state index in [2.05, 4.69) is 58.5 Å². The Hall–Kier alpha value is -2.17. The number of ether oxygens (including phenoxy) is 1. The first-order valence-corrected chi connectivity index (χ1v) is 7.56. The summed E-state index contributed by atoms with van der Waals surface area (Å²) in [4.78, 5) is 0. The molecule has 0 aliphatic heterocycles. The van der Waals surface area contributed by atoms with Gasteiger partial charge in [-0.15, -0.1) is 0 Å². The number of para-hydroxylation sites is 1. The van der Waals surface area contributed by atoms with Crippen LogP contribution in [-0.4, -0.2) is 30.0 Å². The van der Waals surface area contributed by atoms with Gasteiger partial charge in [0, 0.05) is 25.6 Å². The summed E-state index contributed by atoms with van der Waals surface area (Å²) in [6, 6.07) is 18.8. The summed E-state index contributed by atoms with van der Waals surface area (Å²) in [5, 5.41) is 9.38. The number of benzene rings is 2. The van der Waals surface area contributed by atoms with Gasteiger partial charge in [-0.1, -0.05) is 48.5 Å². The Morgan fingerprint density at radius 2 is 1.82 bits per heavy atom. The molecule has 4 heteroatoms. The van der Waals surface area contributed by atoms with E-state index in [0.717, 1.165) is 25.3 Å². The van der Waals surface area contributed by atoms with Gasteiger partial charge in [-0.05, 0) is 11.6 Å². The maximum Gasteiger partial charge on any atom is 0.0841 e. The molecule has 1 N–H and O–H groups in total. The third kappa shape index (κ3) is 3.35. The molecule has 1 heterocycles. The molecule has 0 aliphatic rings. The molecule has 3 rings (SSSR count). The molecule has 0 fully saturated rings. The van der Waals surface area contributed by atoms with E-state index in [1.165, 1.54) is 16.5 Å². The predicted molar refractivity (Wildman–Crippen MR) is 88.9 cm³/mol. The Balaban J connectivity index is 1.84. The lowest BCUT2D eigenvalue weighted by atomic mass is 10.2. The molecule has 4 nitrogen and oxygen atoms in total. The van der Waals surface area contributed by atoms with E-state index in [4.69, 9.17) is 9.84 Å². The van der Waals surface area contributed by atoms with E-state index in [-0.39, 0.29) is 0 Å². The first kappa shape index (κ1) is 14.8. The minimum Gasteiger partial charge on any atom is -0.383 e. The van der Waals surface area contributed by atoms with Crippen molar-refractivity contribution >= 4 is 10.9 Å². The van der Waals surface area contributed by atoms with Crippen LogP contribution in [0.3, 0.4) is 0 Å². The van der Waals surface area contributed by atoms with Crippen molar-refractivity contribution in [2.75, 3.05) is 20.3 Å². The summed E-state index contributed by atoms with van der Waals surface area (Å²) in [7, 11) is 1.71. The van der Waals surface area contributed by atoms with Crippen LogP contribution in [0.15, 0.2) is 54.6 Å². The summed E-state index contributed by atoms with van der Waals surface area (Å²) in [5.74, 6) is 0. The number of fused-ring (bicyclic) bond motifs is 1. The van der Waals surface area contributed by atoms with Gasteiger partial charge >= 0.3 is 0 Å². The number of methoxy groups -OCH3 is 1. The molecule has 0 saturated heterocycles. The van der Waals surface area contributed by atoms with Gasteiger partial charge in [-0.3, -0.25) is 4.68 Å². The van der Waals surface area contributed by atoms with Crippen LogP contribution in [-0.2, 0) is 17.8 Å². The second-order valence-corrected chi connectivity index (χ2v) is 5.28. The van der Waals surface area contributed by atoms with E-state index < -0.39 is 0 Å². The molecule has 22 heavy (non-hydrogen) atoms. The van der Waals surface area contributed by atoms with Crippen molar-refractivity contribution in [3.05, 3.63) is 65.9 Å². The van der Waals surface area contributed by atoms with Crippen molar-refractivity contribution in [2.45, 2.75) is 13.1 Å². The van der Waals surface area contributed by atoms with Crippen molar-refractivity contribution in [3.8, 4) is 0 Å². The Kier molecular flexibility index (Phi) is 4.83. The monoisotopic (exact) mass is 295 g/mol. The fourth-order valence-corrected chi connectivity index (χ4v) is 2.58. The maximum absolute atomic E-state index is 5.06. The third-order valence-corrected chi connectivity index (χ3v) is 3.69. The second kappa shape index (κ2) is 7.20. The fourth-order valence-electron chi connectivity index (χ4n) is 2.58. The van der Waals surface area contributed by atoms with Gasteiger partial charge in [0.15, 0.2) is 0 Å². The Morgan fingerprint density at radius 1 is 1.05 bits per heavy atom. The van der Waals surface area contributed by atoms with Gasteiger partial charge in [-0.25, -0.2) is 0 Å². The Morgan fingerprint density at radius 3 is 2.64 bits per heavy atom. The lowest BCUT2D eigenvalue weighted by Crippen LogP contribution is -2.19. The van der Waals surface area contributed by atoms with Crippen LogP contribution in [0.4, 0.5) is 0 Å². The molecular weight excluding hydrogens is 274 g/mol. The minimum absolute atomic E-state index is 0.711. The van der Waals surface area contributed by atoms with E-state index in [1.807, 2.05) is 6.07 Å². The third-order valence-electron chi connectivity index (χ3n) is 3.69. The highest BCUT2D eigenvalue weighted by Gasteiger charge is 2.09. The molecule has 1 aromatic heterocycles. The average Bonchev–Trinajstić information content (AvgIpc) is 2.91. The van der Waals surface area contributed by atoms with Crippen LogP contribution in [0.1, 0.15) is 11.3 Å². The Labute approximate surface area is 130 Å². The summed E-state index contributed by atoms with van der Waals surface area (Å²) >= 11 is 0. The van der Waals surface area contributed by atoms with Gasteiger partial charge < -0.3 is 10.1 Å². The highest BCUT2D eigenvalue weighted by atomic mass is 16.5. The van der Waals surface area contributed by atoms with Crippen LogP contribution in [0.2, 0.25) is 0 Å². The molecule has 3 aromatic rings. The molecule has 2 aromatic carbocycles. The molecule has 0 spiro atoms. The lowest BCUT2D eigenvalue weighted by molar-refractivity contribution is 0.199. The van der Waals surface area contributed by atoms with Crippen molar-refractivity contribution in [2.24, 2.45) is 0 Å². The molecule has 0 radical (unpaired) electrons. The molecular formula is C18H21N3O. The van der Waals surface area contributed by atoms with Gasteiger partial charge in [0.2, 0.25) is 0 Å². The van der Waals surface area contributed by atoms with Crippen molar-refractivity contribution in [1.82, 2.24) is 15.1 Å². The topological polar surface area (TPSA) is 39.1 Å². The second-order valence-electron chi connectivity index (χ2n) is 5.28. The standard InChI is InChI=1S/C18H21N3O/c1-22-12-11-19-13-17-16-9-5-6-10-18(16)21(20-17)14-15-7-3-2-4-8-15/h2-10,19H,11-14H2,1H3. The molecule has 0 unspecified atom stereocenters. The number of nitrogens with zero attached hydrogens (tertiary/aromatic N) is 2. The van der Waals surface area contributed by atoms with E-state index >= 15 is 0 Å². The molecule has 0 aliphatic carbocycles. The molecule has 0 bridgehead atoms. The summed E-state index contributed by atoms with van der Waals surface area (Å²) in [5.41, 5.74) is 3.52. The van der Waals surface area contributed by atoms with Crippen molar-refractivity contribution < 1.29 is 4.74 Å². The number of hydrogen-bond donors (Lipinski definition) is 1. The zero-order chi connectivity index (χ0) is 15.2. The van der Waals surface area contributed by atoms with E-state index in [1.54, 1.807) is 7.11 Å². The molecule has 0 saturated carbocycles. The van der Waals surface area contributed by atoms with Gasteiger partial charge in [0.1, 0.15) is 0 Å². The fraction of sp³-hybridized carbons (Fsp3) is 0.278. The molecule has 0 atom stereocenters. The lowest BCUT2D eigenvalue weighted by Gasteiger charge is -2.03. The molecule has 114 valence electrons. The normalized spacial score (nSPS) is 11.1. The average molecular weight is 295 g/mol. The van der Waals surface area contributed by atoms with Crippen LogP contribution < -0.4 is 5.32 Å². The van der Waals surface area contributed by atoms with E-state index in [9.17, 15) is 0 Å². The SMILES string of the molecule is COCCNCc1nn(Cc2ccccc2)c2ccccc12. The summed E-state index contributed by atoms with van der Waals surface area (Å²) in [6.07, 6.45) is 0. The summed E-state index contributed by atoms with van der Waals surface area (Å²) in [6.45, 7) is 3.09. The minimum atomic E-state index is 0.711. The maximum atomic E-state index is 5.06. The zero-order valence-electron chi connectivity index (χ0n) is 12.8. The quantitative estimate of drug-likeness (QED) is 0.681. The molecule has 0 amide bonds. The highest BCUT2D eigenvalue weighted by molar-refractivity contribution is 5.82. The smallest absolute Gasteiger partial charge is 0.0841 e. The number of nitrogens with one attached hydrogen (secondary N) is 1. The first-order valence-electron chi connectivity index (χ1n) is 7.56. The first-order chi connectivity index (χ1) is 10.9. The predicted octanol–water partition coefficient (Wildman–Crippen LogP) is 2.82. The van der Waals surface area contributed by atoms with E-state index in [0.29, 0.717) is 6.61 Å². The number of rotatable bonds is 7. The van der Waals surface area contributed by atoms with Crippen LogP contribution >= 0.6 is 0 Å². The van der Waals surface area contributed by atoms with Crippen LogP contribution in [0.5, 0.6) is 0 Å². The number of aromatic nitrogens is 2. The van der Waals surface area contributed by atoms with Gasteiger partial charge in [0.05, 0.1) is 24.4 Å². The van der Waals surface area contributed by atoms with Gasteiger partial charge in [0.25, 0.3) is 0 Å². The van der Waals surface area contributed by atoms with Crippen LogP contribution in [0.25, 0.3) is 10.9 Å². The van der Waals surface area contributed by atoms with Crippen molar-refractivity contribution in [1.29, 1.82) is 0 Å².